The monoisotopic (exact) mass is 288 g/mol. The fourth-order valence-electron chi connectivity index (χ4n) is 1.47. The lowest BCUT2D eigenvalue weighted by Gasteiger charge is -2.10. The highest BCUT2D eigenvalue weighted by molar-refractivity contribution is 6.03. The van der Waals surface area contributed by atoms with Gasteiger partial charge in [0.25, 0.3) is 5.91 Å². The van der Waals surface area contributed by atoms with Crippen LogP contribution in [0.5, 0.6) is 0 Å². The van der Waals surface area contributed by atoms with Crippen molar-refractivity contribution < 1.29 is 22.4 Å². The lowest BCUT2D eigenvalue weighted by Crippen LogP contribution is -2.14. The van der Waals surface area contributed by atoms with E-state index in [1.54, 1.807) is 0 Å². The van der Waals surface area contributed by atoms with Crippen LogP contribution >= 0.6 is 0 Å². The number of nitrogens with two attached hydrogens (primary N) is 1. The van der Waals surface area contributed by atoms with Crippen LogP contribution in [0.1, 0.15) is 16.1 Å². The number of aromatic amines is 1. The number of alkyl halides is 3. The Morgan fingerprint density at radius 3 is 2.60 bits per heavy atom. The van der Waals surface area contributed by atoms with Crippen molar-refractivity contribution in [2.75, 3.05) is 11.1 Å². The summed E-state index contributed by atoms with van der Waals surface area (Å²) in [5.41, 5.74) is 3.58. The summed E-state index contributed by atoms with van der Waals surface area (Å²) in [6.07, 6.45) is -3.72. The molecule has 0 aliphatic rings. The summed E-state index contributed by atoms with van der Waals surface area (Å²) >= 11 is 0. The molecule has 0 radical (unpaired) electrons. The topological polar surface area (TPSA) is 83.8 Å². The number of H-pyrrole nitrogens is 1. The van der Waals surface area contributed by atoms with Gasteiger partial charge in [0, 0.05) is 5.69 Å². The minimum atomic E-state index is -4.84. The van der Waals surface area contributed by atoms with Gasteiger partial charge in [0.05, 0.1) is 11.8 Å². The predicted octanol–water partition coefficient (Wildman–Crippen LogP) is 2.40. The van der Waals surface area contributed by atoms with Crippen molar-refractivity contribution in [1.82, 2.24) is 9.97 Å². The summed E-state index contributed by atoms with van der Waals surface area (Å²) < 4.78 is 50.6. The van der Waals surface area contributed by atoms with E-state index in [-0.39, 0.29) is 17.3 Å². The van der Waals surface area contributed by atoms with E-state index in [0.717, 1.165) is 12.3 Å². The van der Waals surface area contributed by atoms with E-state index in [0.29, 0.717) is 12.1 Å². The van der Waals surface area contributed by atoms with Gasteiger partial charge < -0.3 is 16.0 Å². The number of hydrogen-bond acceptors (Lipinski definition) is 3. The maximum absolute atomic E-state index is 13.1. The predicted molar refractivity (Wildman–Crippen MR) is 62.4 cm³/mol. The Morgan fingerprint density at radius 1 is 1.35 bits per heavy atom. The lowest BCUT2D eigenvalue weighted by atomic mass is 10.2. The fraction of sp³-hybridized carbons (Fsp3) is 0.0909. The molecule has 1 amide bonds. The van der Waals surface area contributed by atoms with E-state index in [9.17, 15) is 22.4 Å². The van der Waals surface area contributed by atoms with Crippen molar-refractivity contribution in [3.63, 3.8) is 0 Å². The average Bonchev–Trinajstić information content (AvgIpc) is 2.77. The number of nitrogens with zero attached hydrogens (tertiary/aromatic N) is 1. The molecular weight excluding hydrogens is 280 g/mol. The second-order valence-electron chi connectivity index (χ2n) is 3.83. The Bertz CT molecular complexity index is 650. The molecule has 0 aliphatic carbocycles. The van der Waals surface area contributed by atoms with E-state index >= 15 is 0 Å². The van der Waals surface area contributed by atoms with Gasteiger partial charge in [-0.05, 0) is 18.2 Å². The minimum Gasteiger partial charge on any atom is -0.369 e. The van der Waals surface area contributed by atoms with Crippen molar-refractivity contribution in [2.24, 2.45) is 0 Å². The van der Waals surface area contributed by atoms with Gasteiger partial charge in [-0.15, -0.1) is 0 Å². The van der Waals surface area contributed by atoms with E-state index in [4.69, 9.17) is 5.73 Å². The molecule has 2 aromatic rings. The summed E-state index contributed by atoms with van der Waals surface area (Å²) in [4.78, 5) is 17.6. The Balaban J connectivity index is 2.24. The Hall–Kier alpha value is -2.58. The number of nitrogen functional groups attached to an aromatic ring is 1. The zero-order chi connectivity index (χ0) is 14.9. The first-order valence-electron chi connectivity index (χ1n) is 5.26. The van der Waals surface area contributed by atoms with Crippen LogP contribution in [-0.4, -0.2) is 15.9 Å². The van der Waals surface area contributed by atoms with Crippen molar-refractivity contribution in [1.29, 1.82) is 0 Å². The lowest BCUT2D eigenvalue weighted by molar-refractivity contribution is -0.139. The number of carbonyl (C=O) groups excluding carboxylic acids is 1. The highest BCUT2D eigenvalue weighted by Crippen LogP contribution is 2.33. The molecule has 2 rings (SSSR count). The van der Waals surface area contributed by atoms with Gasteiger partial charge in [0.2, 0.25) is 0 Å². The van der Waals surface area contributed by atoms with Gasteiger partial charge in [-0.2, -0.15) is 13.2 Å². The summed E-state index contributed by atoms with van der Waals surface area (Å²) in [5, 5.41) is 2.18. The first-order valence-corrected chi connectivity index (χ1v) is 5.26. The van der Waals surface area contributed by atoms with Crippen LogP contribution in [0.25, 0.3) is 0 Å². The third kappa shape index (κ3) is 2.87. The zero-order valence-electron chi connectivity index (χ0n) is 9.75. The van der Waals surface area contributed by atoms with Gasteiger partial charge >= 0.3 is 6.18 Å². The SMILES string of the molecule is Nc1ncc(C(=O)Nc2ccc(F)c(C(F)(F)F)c2)[nH]1. The third-order valence-corrected chi connectivity index (χ3v) is 2.37. The number of aromatic nitrogens is 2. The third-order valence-electron chi connectivity index (χ3n) is 2.37. The zero-order valence-corrected chi connectivity index (χ0v) is 9.75. The Kier molecular flexibility index (Phi) is 3.35. The quantitative estimate of drug-likeness (QED) is 0.742. The maximum Gasteiger partial charge on any atom is 0.419 e. The summed E-state index contributed by atoms with van der Waals surface area (Å²) in [6, 6.07) is 2.15. The molecule has 9 heteroatoms. The van der Waals surface area contributed by atoms with Crippen molar-refractivity contribution in [3.05, 3.63) is 41.5 Å². The molecule has 20 heavy (non-hydrogen) atoms. The van der Waals surface area contributed by atoms with Crippen molar-refractivity contribution >= 4 is 17.5 Å². The molecule has 1 aromatic carbocycles. The number of benzene rings is 1. The van der Waals surface area contributed by atoms with Gasteiger partial charge in [-0.25, -0.2) is 9.37 Å². The molecule has 5 nitrogen and oxygen atoms in total. The second-order valence-corrected chi connectivity index (χ2v) is 3.83. The number of carbonyl (C=O) groups is 1. The Morgan fingerprint density at radius 2 is 2.05 bits per heavy atom. The largest absolute Gasteiger partial charge is 0.419 e. The summed E-state index contributed by atoms with van der Waals surface area (Å²) in [5.74, 6) is -2.17. The van der Waals surface area contributed by atoms with Gasteiger partial charge in [-0.1, -0.05) is 0 Å². The standard InChI is InChI=1S/C11H8F4N4O/c12-7-2-1-5(3-6(7)11(13,14)15)18-9(20)8-4-17-10(16)19-8/h1-4H,(H,18,20)(H3,16,17,19). The first-order chi connectivity index (χ1) is 9.27. The number of amides is 1. The molecule has 0 saturated heterocycles. The average molecular weight is 288 g/mol. The molecule has 0 aliphatic heterocycles. The molecule has 0 saturated carbocycles. The molecule has 0 bridgehead atoms. The highest BCUT2D eigenvalue weighted by Gasteiger charge is 2.34. The van der Waals surface area contributed by atoms with Crippen LogP contribution in [0, 0.1) is 5.82 Å². The van der Waals surface area contributed by atoms with E-state index in [1.807, 2.05) is 0 Å². The fourth-order valence-corrected chi connectivity index (χ4v) is 1.47. The minimum absolute atomic E-state index is 0.00904. The van der Waals surface area contributed by atoms with Crippen LogP contribution in [-0.2, 0) is 6.18 Å². The van der Waals surface area contributed by atoms with Gasteiger partial charge in [-0.3, -0.25) is 4.79 Å². The molecule has 4 N–H and O–H groups in total. The molecule has 0 spiro atoms. The molecule has 0 fully saturated rings. The van der Waals surface area contributed by atoms with E-state index in [1.165, 1.54) is 0 Å². The second kappa shape index (κ2) is 4.83. The highest BCUT2D eigenvalue weighted by atomic mass is 19.4. The number of nitrogens with one attached hydrogen (secondary N) is 2. The van der Waals surface area contributed by atoms with Crippen LogP contribution in [0.2, 0.25) is 0 Å². The molecule has 1 aromatic heterocycles. The van der Waals surface area contributed by atoms with Crippen molar-refractivity contribution in [2.45, 2.75) is 6.18 Å². The number of hydrogen-bond donors (Lipinski definition) is 3. The molecular formula is C11H8F4N4O. The van der Waals surface area contributed by atoms with Gasteiger partial charge in [0.15, 0.2) is 5.95 Å². The van der Waals surface area contributed by atoms with Crippen LogP contribution in [0.3, 0.4) is 0 Å². The molecule has 0 unspecified atom stereocenters. The molecule has 0 atom stereocenters. The summed E-state index contributed by atoms with van der Waals surface area (Å²) in [7, 11) is 0. The number of imidazole rings is 1. The van der Waals surface area contributed by atoms with Gasteiger partial charge in [0.1, 0.15) is 11.5 Å². The number of halogens is 4. The molecule has 1 heterocycles. The van der Waals surface area contributed by atoms with Crippen LogP contribution < -0.4 is 11.1 Å². The van der Waals surface area contributed by atoms with E-state index < -0.39 is 23.5 Å². The maximum atomic E-state index is 13.1. The molecule has 106 valence electrons. The number of anilines is 2. The number of rotatable bonds is 2. The smallest absolute Gasteiger partial charge is 0.369 e. The Labute approximate surface area is 109 Å². The van der Waals surface area contributed by atoms with Crippen LogP contribution in [0.4, 0.5) is 29.2 Å². The van der Waals surface area contributed by atoms with Crippen LogP contribution in [0.15, 0.2) is 24.4 Å². The first kappa shape index (κ1) is 13.8. The van der Waals surface area contributed by atoms with E-state index in [2.05, 4.69) is 15.3 Å². The summed E-state index contributed by atoms with van der Waals surface area (Å²) in [6.45, 7) is 0. The normalized spacial score (nSPS) is 11.4. The van der Waals surface area contributed by atoms with Crippen molar-refractivity contribution in [3.8, 4) is 0 Å².